The number of halogens is 3. The molecule has 3 aromatic heterocycles. The predicted molar refractivity (Wildman–Crippen MR) is 147 cm³/mol. The van der Waals surface area contributed by atoms with Crippen molar-refractivity contribution in [1.29, 1.82) is 0 Å². The van der Waals surface area contributed by atoms with E-state index >= 15 is 0 Å². The number of amides is 2. The van der Waals surface area contributed by atoms with Gasteiger partial charge in [-0.15, -0.1) is 0 Å². The summed E-state index contributed by atoms with van der Waals surface area (Å²) in [6.45, 7) is 1.90. The summed E-state index contributed by atoms with van der Waals surface area (Å²) in [5.74, 6) is 0.278. The van der Waals surface area contributed by atoms with E-state index in [0.717, 1.165) is 22.4 Å². The molecule has 0 saturated heterocycles. The summed E-state index contributed by atoms with van der Waals surface area (Å²) in [5, 5.41) is 5.90. The number of hydrogen-bond donors (Lipinski definition) is 2. The fourth-order valence-corrected chi connectivity index (χ4v) is 6.93. The lowest BCUT2D eigenvalue weighted by Crippen LogP contribution is -2.38. The quantitative estimate of drug-likeness (QED) is 0.359. The first-order valence-electron chi connectivity index (χ1n) is 13.9. The highest BCUT2D eigenvalue weighted by molar-refractivity contribution is 6.06. The lowest BCUT2D eigenvalue weighted by molar-refractivity contribution is -0.128. The van der Waals surface area contributed by atoms with Gasteiger partial charge in [-0.2, -0.15) is 13.2 Å². The molecular formula is C31H27F3N6O2. The predicted octanol–water partition coefficient (Wildman–Crippen LogP) is 4.99. The number of anilines is 1. The Kier molecular flexibility index (Phi) is 5.96. The number of hydrogen-bond acceptors (Lipinski definition) is 5. The van der Waals surface area contributed by atoms with E-state index in [1.165, 1.54) is 12.4 Å². The van der Waals surface area contributed by atoms with E-state index in [4.69, 9.17) is 0 Å². The summed E-state index contributed by atoms with van der Waals surface area (Å²) in [5.41, 5.74) is 2.94. The third-order valence-electron chi connectivity index (χ3n) is 8.88. The molecule has 0 saturated carbocycles. The second-order valence-corrected chi connectivity index (χ2v) is 11.4. The summed E-state index contributed by atoms with van der Waals surface area (Å²) >= 11 is 0. The van der Waals surface area contributed by atoms with Gasteiger partial charge in [-0.25, -0.2) is 9.97 Å². The number of nitrogens with one attached hydrogen (secondary N) is 2. The smallest absolute Gasteiger partial charge is 0.342 e. The maximum atomic E-state index is 13.6. The van der Waals surface area contributed by atoms with Crippen LogP contribution in [-0.4, -0.2) is 37.5 Å². The van der Waals surface area contributed by atoms with Crippen LogP contribution in [0.3, 0.4) is 0 Å². The summed E-state index contributed by atoms with van der Waals surface area (Å²) in [4.78, 5) is 39.9. The zero-order chi connectivity index (χ0) is 29.2. The van der Waals surface area contributed by atoms with Gasteiger partial charge in [-0.05, 0) is 43.0 Å². The van der Waals surface area contributed by atoms with E-state index < -0.39 is 30.0 Å². The summed E-state index contributed by atoms with van der Waals surface area (Å²) < 4.78 is 42.0. The highest BCUT2D eigenvalue weighted by Crippen LogP contribution is 2.47. The molecule has 1 aliphatic carbocycles. The second-order valence-electron chi connectivity index (χ2n) is 11.4. The Balaban J connectivity index is 1.18. The molecule has 1 spiro atoms. The SMILES string of the molecule is C[C@@H]1[C@H](c2ccccc2)C[C@H](NC(=O)c2cnc3c(c2)CC2(C3)C(=O)Nc3ncccc32)c2ncc(CC(F)(F)F)n21. The fraction of sp³-hybridized carbons (Fsp3) is 0.323. The lowest BCUT2D eigenvalue weighted by Gasteiger charge is -2.37. The molecule has 3 aliphatic rings. The number of carbonyl (C=O) groups excluding carboxylic acids is 2. The van der Waals surface area contributed by atoms with Gasteiger partial charge < -0.3 is 15.2 Å². The van der Waals surface area contributed by atoms with Crippen molar-refractivity contribution in [1.82, 2.24) is 24.8 Å². The van der Waals surface area contributed by atoms with Crippen molar-refractivity contribution in [3.05, 3.63) is 107 Å². The second kappa shape index (κ2) is 9.50. The standard InChI is InChI=1S/C31H27F3N6O2/c1-17-22(18-6-3-2-4-7-18)11-24(27-37-16-21(40(17)27)13-31(32,33)34)38-28(41)20-10-19-12-30(14-25(19)36-15-20)23-8-5-9-35-26(23)39-29(30)42/h2-10,15-17,22,24H,11-14H2,1H3,(H,38,41)(H,35,39,42)/t17-,22-,24+,30?/m1/s1. The number of imidazole rings is 1. The van der Waals surface area contributed by atoms with Crippen molar-refractivity contribution < 1.29 is 22.8 Å². The van der Waals surface area contributed by atoms with Gasteiger partial charge in [0, 0.05) is 53.9 Å². The van der Waals surface area contributed by atoms with E-state index in [2.05, 4.69) is 25.6 Å². The number of benzene rings is 1. The van der Waals surface area contributed by atoms with Gasteiger partial charge >= 0.3 is 6.18 Å². The maximum absolute atomic E-state index is 13.6. The first-order chi connectivity index (χ1) is 20.1. The van der Waals surface area contributed by atoms with Crippen LogP contribution in [0, 0.1) is 0 Å². The Bertz CT molecular complexity index is 1720. The molecule has 2 amide bonds. The van der Waals surface area contributed by atoms with Gasteiger partial charge in [0.2, 0.25) is 5.91 Å². The van der Waals surface area contributed by atoms with Crippen molar-refractivity contribution in [3.8, 4) is 0 Å². The molecule has 1 aromatic carbocycles. The maximum Gasteiger partial charge on any atom is 0.394 e. The van der Waals surface area contributed by atoms with E-state index in [0.29, 0.717) is 36.5 Å². The Morgan fingerprint density at radius 1 is 1.10 bits per heavy atom. The van der Waals surface area contributed by atoms with Gasteiger partial charge in [-0.1, -0.05) is 36.4 Å². The molecule has 4 atom stereocenters. The molecule has 214 valence electrons. The van der Waals surface area contributed by atoms with E-state index in [1.54, 1.807) is 22.9 Å². The Hall–Kier alpha value is -4.54. The first-order valence-corrected chi connectivity index (χ1v) is 13.9. The Morgan fingerprint density at radius 2 is 1.90 bits per heavy atom. The van der Waals surface area contributed by atoms with Crippen LogP contribution < -0.4 is 10.6 Å². The number of carbonyl (C=O) groups is 2. The minimum Gasteiger partial charge on any atom is -0.342 e. The van der Waals surface area contributed by atoms with Crippen molar-refractivity contribution in [2.45, 2.75) is 62.2 Å². The number of pyridine rings is 2. The normalized spacial score (nSPS) is 24.2. The third-order valence-corrected chi connectivity index (χ3v) is 8.88. The molecule has 42 heavy (non-hydrogen) atoms. The van der Waals surface area contributed by atoms with Crippen LogP contribution in [0.2, 0.25) is 0 Å². The van der Waals surface area contributed by atoms with Gasteiger partial charge in [-0.3, -0.25) is 14.6 Å². The molecular weight excluding hydrogens is 545 g/mol. The van der Waals surface area contributed by atoms with Crippen molar-refractivity contribution >= 4 is 17.6 Å². The van der Waals surface area contributed by atoms with E-state index in [1.807, 2.05) is 43.3 Å². The molecule has 0 radical (unpaired) electrons. The molecule has 2 N–H and O–H groups in total. The number of alkyl halides is 3. The highest BCUT2D eigenvalue weighted by Gasteiger charge is 2.51. The average molecular weight is 573 g/mol. The lowest BCUT2D eigenvalue weighted by atomic mass is 9.80. The fourth-order valence-electron chi connectivity index (χ4n) is 6.93. The molecule has 0 fully saturated rings. The monoisotopic (exact) mass is 572 g/mol. The van der Waals surface area contributed by atoms with Crippen LogP contribution in [0.5, 0.6) is 0 Å². The van der Waals surface area contributed by atoms with Crippen LogP contribution in [-0.2, 0) is 29.5 Å². The van der Waals surface area contributed by atoms with Crippen LogP contribution in [0.1, 0.15) is 75.6 Å². The molecule has 4 aromatic rings. The summed E-state index contributed by atoms with van der Waals surface area (Å²) in [6.07, 6.45) is 0.173. The third kappa shape index (κ3) is 4.26. The molecule has 11 heteroatoms. The molecule has 5 heterocycles. The number of aromatic nitrogens is 4. The zero-order valence-corrected chi connectivity index (χ0v) is 22.7. The first kappa shape index (κ1) is 26.4. The zero-order valence-electron chi connectivity index (χ0n) is 22.7. The van der Waals surface area contributed by atoms with Crippen molar-refractivity contribution in [2.75, 3.05) is 5.32 Å². The molecule has 1 unspecified atom stereocenters. The summed E-state index contributed by atoms with van der Waals surface area (Å²) in [6, 6.07) is 14.2. The minimum atomic E-state index is -4.39. The number of fused-ring (bicyclic) bond motifs is 4. The summed E-state index contributed by atoms with van der Waals surface area (Å²) in [7, 11) is 0. The highest BCUT2D eigenvalue weighted by atomic mass is 19.4. The Labute approximate surface area is 239 Å². The number of rotatable bonds is 4. The van der Waals surface area contributed by atoms with E-state index in [9.17, 15) is 22.8 Å². The van der Waals surface area contributed by atoms with Crippen LogP contribution in [0.15, 0.2) is 67.1 Å². The van der Waals surface area contributed by atoms with Gasteiger partial charge in [0.15, 0.2) is 0 Å². The minimum absolute atomic E-state index is 0.0685. The van der Waals surface area contributed by atoms with Gasteiger partial charge in [0.1, 0.15) is 11.6 Å². The molecule has 8 nitrogen and oxygen atoms in total. The van der Waals surface area contributed by atoms with Gasteiger partial charge in [0.05, 0.1) is 23.4 Å². The van der Waals surface area contributed by atoms with Crippen LogP contribution in [0.4, 0.5) is 19.0 Å². The van der Waals surface area contributed by atoms with Crippen LogP contribution >= 0.6 is 0 Å². The molecule has 7 rings (SSSR count). The topological polar surface area (TPSA) is 102 Å². The molecule has 0 bridgehead atoms. The average Bonchev–Trinajstić information content (AvgIpc) is 3.63. The van der Waals surface area contributed by atoms with Crippen molar-refractivity contribution in [2.24, 2.45) is 0 Å². The number of nitrogens with zero attached hydrogens (tertiary/aromatic N) is 4. The van der Waals surface area contributed by atoms with Crippen molar-refractivity contribution in [3.63, 3.8) is 0 Å². The van der Waals surface area contributed by atoms with E-state index in [-0.39, 0.29) is 23.6 Å². The molecule has 2 aliphatic heterocycles. The largest absolute Gasteiger partial charge is 0.394 e. The Morgan fingerprint density at radius 3 is 2.69 bits per heavy atom. The van der Waals surface area contributed by atoms with Gasteiger partial charge in [0.25, 0.3) is 5.91 Å². The van der Waals surface area contributed by atoms with Crippen LogP contribution in [0.25, 0.3) is 0 Å².